The molecule has 2 amide bonds. The summed E-state index contributed by atoms with van der Waals surface area (Å²) in [5.41, 5.74) is 8.90. The smallest absolute Gasteiger partial charge is 0.328 e. The third-order valence-electron chi connectivity index (χ3n) is 6.97. The van der Waals surface area contributed by atoms with E-state index in [4.69, 9.17) is 15.2 Å². The lowest BCUT2D eigenvalue weighted by Gasteiger charge is -2.32. The van der Waals surface area contributed by atoms with Crippen LogP contribution in [0.3, 0.4) is 0 Å². The highest BCUT2D eigenvalue weighted by molar-refractivity contribution is 5.94. The Balaban J connectivity index is 1.25. The summed E-state index contributed by atoms with van der Waals surface area (Å²) in [6.07, 6.45) is 2.05. The SMILES string of the molecule is COC(=O)[C@H](Cc1ccc(OCc2ccccc2)cc1)NC(=O)CC1CCN(C(=O)c2ccc(N)cc2)CC1. The Kier molecular flexibility index (Phi) is 9.56. The number of benzene rings is 3. The Bertz CT molecular complexity index is 1240. The molecule has 1 fully saturated rings. The molecule has 1 aliphatic rings. The second-order valence-electron chi connectivity index (χ2n) is 9.83. The number of amides is 2. The highest BCUT2D eigenvalue weighted by Crippen LogP contribution is 2.23. The van der Waals surface area contributed by atoms with Crippen molar-refractivity contribution in [3.8, 4) is 5.75 Å². The van der Waals surface area contributed by atoms with Crippen molar-refractivity contribution in [2.24, 2.45) is 5.92 Å². The number of ether oxygens (including phenoxy) is 2. The van der Waals surface area contributed by atoms with Crippen LogP contribution in [0.2, 0.25) is 0 Å². The number of rotatable bonds is 10. The Morgan fingerprint density at radius 1 is 0.923 bits per heavy atom. The Labute approximate surface area is 229 Å². The van der Waals surface area contributed by atoms with Gasteiger partial charge >= 0.3 is 5.97 Å². The molecule has 8 heteroatoms. The highest BCUT2D eigenvalue weighted by Gasteiger charge is 2.27. The molecule has 1 atom stereocenters. The molecule has 3 aromatic rings. The van der Waals surface area contributed by atoms with Gasteiger partial charge < -0.3 is 25.4 Å². The summed E-state index contributed by atoms with van der Waals surface area (Å²) in [6.45, 7) is 1.63. The largest absolute Gasteiger partial charge is 0.489 e. The van der Waals surface area contributed by atoms with Gasteiger partial charge in [0.15, 0.2) is 0 Å². The van der Waals surface area contributed by atoms with Crippen LogP contribution in [0.4, 0.5) is 5.69 Å². The summed E-state index contributed by atoms with van der Waals surface area (Å²) >= 11 is 0. The van der Waals surface area contributed by atoms with Crippen molar-refractivity contribution in [3.63, 3.8) is 0 Å². The van der Waals surface area contributed by atoms with Crippen LogP contribution >= 0.6 is 0 Å². The van der Waals surface area contributed by atoms with E-state index in [-0.39, 0.29) is 17.7 Å². The number of hydrogen-bond donors (Lipinski definition) is 2. The molecule has 1 saturated heterocycles. The fraction of sp³-hybridized carbons (Fsp3) is 0.323. The van der Waals surface area contributed by atoms with Gasteiger partial charge in [-0.15, -0.1) is 0 Å². The minimum Gasteiger partial charge on any atom is -0.489 e. The van der Waals surface area contributed by atoms with Crippen LogP contribution in [-0.2, 0) is 27.4 Å². The van der Waals surface area contributed by atoms with Gasteiger partial charge in [0.25, 0.3) is 5.91 Å². The van der Waals surface area contributed by atoms with Crippen molar-refractivity contribution in [3.05, 3.63) is 95.6 Å². The molecule has 204 valence electrons. The molecule has 39 heavy (non-hydrogen) atoms. The van der Waals surface area contributed by atoms with E-state index in [2.05, 4.69) is 5.32 Å². The molecule has 0 aliphatic carbocycles. The first-order chi connectivity index (χ1) is 18.9. The fourth-order valence-electron chi connectivity index (χ4n) is 4.70. The van der Waals surface area contributed by atoms with Crippen LogP contribution in [0.15, 0.2) is 78.9 Å². The van der Waals surface area contributed by atoms with Gasteiger partial charge in [0.1, 0.15) is 18.4 Å². The van der Waals surface area contributed by atoms with Crippen LogP contribution in [0.1, 0.15) is 40.7 Å². The predicted molar refractivity (Wildman–Crippen MR) is 149 cm³/mol. The van der Waals surface area contributed by atoms with Gasteiger partial charge in [-0.25, -0.2) is 4.79 Å². The van der Waals surface area contributed by atoms with Gasteiger partial charge in [0.05, 0.1) is 7.11 Å². The first-order valence-electron chi connectivity index (χ1n) is 13.2. The molecule has 4 rings (SSSR count). The fourth-order valence-corrected chi connectivity index (χ4v) is 4.70. The van der Waals surface area contributed by atoms with Gasteiger partial charge in [0, 0.05) is 37.2 Å². The van der Waals surface area contributed by atoms with E-state index in [0.29, 0.717) is 43.8 Å². The van der Waals surface area contributed by atoms with E-state index in [9.17, 15) is 14.4 Å². The Hall–Kier alpha value is -4.33. The summed E-state index contributed by atoms with van der Waals surface area (Å²) < 4.78 is 10.8. The number of nitrogens with one attached hydrogen (secondary N) is 1. The molecule has 0 bridgehead atoms. The zero-order valence-corrected chi connectivity index (χ0v) is 22.2. The first-order valence-corrected chi connectivity index (χ1v) is 13.2. The zero-order chi connectivity index (χ0) is 27.6. The number of nitrogens with two attached hydrogens (primary N) is 1. The number of likely N-dealkylation sites (tertiary alicyclic amines) is 1. The lowest BCUT2D eigenvalue weighted by Crippen LogP contribution is -2.44. The monoisotopic (exact) mass is 529 g/mol. The van der Waals surface area contributed by atoms with Crippen LogP contribution in [-0.4, -0.2) is 48.9 Å². The van der Waals surface area contributed by atoms with Gasteiger partial charge in [-0.2, -0.15) is 0 Å². The van der Waals surface area contributed by atoms with E-state index in [0.717, 1.165) is 29.7 Å². The second-order valence-corrected chi connectivity index (χ2v) is 9.83. The number of carbonyl (C=O) groups is 3. The van der Waals surface area contributed by atoms with Crippen molar-refractivity contribution < 1.29 is 23.9 Å². The molecule has 1 heterocycles. The number of nitrogens with zero attached hydrogens (tertiary/aromatic N) is 1. The standard InChI is InChI=1S/C31H35N3O5/c1-38-31(37)28(19-22-7-13-27(14-8-22)39-21-24-5-3-2-4-6-24)33-29(35)20-23-15-17-34(18-16-23)30(36)25-9-11-26(32)12-10-25/h2-14,23,28H,15-21,32H2,1H3,(H,33,35)/t28-/m0/s1. The molecule has 1 aliphatic heterocycles. The normalized spacial score (nSPS) is 14.3. The third kappa shape index (κ3) is 8.07. The summed E-state index contributed by atoms with van der Waals surface area (Å²) in [4.78, 5) is 39.8. The number of esters is 1. The van der Waals surface area contributed by atoms with Crippen LogP contribution in [0.25, 0.3) is 0 Å². The second kappa shape index (κ2) is 13.5. The van der Waals surface area contributed by atoms with Gasteiger partial charge in [-0.3, -0.25) is 9.59 Å². The minimum absolute atomic E-state index is 0.0276. The summed E-state index contributed by atoms with van der Waals surface area (Å²) in [5, 5.41) is 2.85. The zero-order valence-electron chi connectivity index (χ0n) is 22.2. The quantitative estimate of drug-likeness (QED) is 0.304. The molecule has 0 aromatic heterocycles. The van der Waals surface area contributed by atoms with Crippen molar-refractivity contribution in [1.29, 1.82) is 0 Å². The summed E-state index contributed by atoms with van der Waals surface area (Å²) in [7, 11) is 1.32. The number of methoxy groups -OCH3 is 1. The maximum Gasteiger partial charge on any atom is 0.328 e. The lowest BCUT2D eigenvalue weighted by molar-refractivity contribution is -0.145. The number of nitrogen functional groups attached to an aromatic ring is 1. The summed E-state index contributed by atoms with van der Waals surface area (Å²) in [5.74, 6) is 0.149. The van der Waals surface area contributed by atoms with E-state index in [1.165, 1.54) is 7.11 Å². The molecule has 0 spiro atoms. The highest BCUT2D eigenvalue weighted by atomic mass is 16.5. The molecular formula is C31H35N3O5. The molecule has 3 aromatic carbocycles. The van der Waals surface area contributed by atoms with Gasteiger partial charge in [-0.1, -0.05) is 42.5 Å². The number of hydrogen-bond acceptors (Lipinski definition) is 6. The van der Waals surface area contributed by atoms with E-state index in [1.54, 1.807) is 24.3 Å². The van der Waals surface area contributed by atoms with E-state index >= 15 is 0 Å². The maximum atomic E-state index is 12.8. The Morgan fingerprint density at radius 2 is 1.59 bits per heavy atom. The topological polar surface area (TPSA) is 111 Å². The molecule has 0 unspecified atom stereocenters. The third-order valence-corrected chi connectivity index (χ3v) is 6.97. The van der Waals surface area contributed by atoms with Crippen LogP contribution in [0.5, 0.6) is 5.75 Å². The maximum absolute atomic E-state index is 12.8. The predicted octanol–water partition coefficient (Wildman–Crippen LogP) is 3.99. The van der Waals surface area contributed by atoms with Crippen molar-refractivity contribution in [1.82, 2.24) is 10.2 Å². The molecule has 0 saturated carbocycles. The first kappa shape index (κ1) is 27.7. The molecular weight excluding hydrogens is 494 g/mol. The molecule has 0 radical (unpaired) electrons. The minimum atomic E-state index is -0.786. The average molecular weight is 530 g/mol. The van der Waals surface area contributed by atoms with Crippen LogP contribution < -0.4 is 15.8 Å². The molecule has 3 N–H and O–H groups in total. The number of piperidine rings is 1. The Morgan fingerprint density at radius 3 is 2.23 bits per heavy atom. The van der Waals surface area contributed by atoms with Gasteiger partial charge in [0.2, 0.25) is 5.91 Å². The molecule has 8 nitrogen and oxygen atoms in total. The number of anilines is 1. The average Bonchev–Trinajstić information content (AvgIpc) is 2.97. The van der Waals surface area contributed by atoms with Crippen molar-refractivity contribution in [2.75, 3.05) is 25.9 Å². The van der Waals surface area contributed by atoms with Gasteiger partial charge in [-0.05, 0) is 66.3 Å². The van der Waals surface area contributed by atoms with E-state index in [1.807, 2.05) is 59.5 Å². The summed E-state index contributed by atoms with van der Waals surface area (Å²) in [6, 6.07) is 23.5. The van der Waals surface area contributed by atoms with Crippen molar-refractivity contribution in [2.45, 2.75) is 38.3 Å². The van der Waals surface area contributed by atoms with E-state index < -0.39 is 12.0 Å². The van der Waals surface area contributed by atoms with Crippen LogP contribution in [0, 0.1) is 5.92 Å². The van der Waals surface area contributed by atoms with Crippen molar-refractivity contribution >= 4 is 23.5 Å². The lowest BCUT2D eigenvalue weighted by atomic mass is 9.92. The number of carbonyl (C=O) groups excluding carboxylic acids is 3.